The molecule has 528 valence electrons. The minimum Gasteiger partial charge on any atom is -0.479 e. The number of carboxylic acids is 2. The molecule has 25 atom stereocenters. The number of hydrogen-bond acceptors (Lipinski definition) is 38. The summed E-state index contributed by atoms with van der Waals surface area (Å²) >= 11 is 0. The number of carbonyl (C=O) groups is 2. The number of nitrogens with two attached hydrogens (primary N) is 1. The van der Waals surface area contributed by atoms with E-state index in [1.165, 1.54) is 0 Å². The minimum atomic E-state index is -6.15. The maximum atomic E-state index is 13.2. The summed E-state index contributed by atoms with van der Waals surface area (Å²) in [5, 5.41) is 43.0. The molecular formula is C38H65NO45S6. The highest BCUT2D eigenvalue weighted by molar-refractivity contribution is 7.82. The smallest absolute Gasteiger partial charge is 0.397 e. The molecule has 0 bridgehead atoms. The average molecular weight is 1450 g/mol. The first-order chi connectivity index (χ1) is 41.5. The zero-order valence-electron chi connectivity index (χ0n) is 46.8. The second-order valence-electron chi connectivity index (χ2n) is 19.1. The lowest BCUT2D eigenvalue weighted by Crippen LogP contribution is -2.70. The van der Waals surface area contributed by atoms with Crippen molar-refractivity contribution >= 4 is 74.3 Å². The molecule has 0 spiro atoms. The molecule has 5 saturated heterocycles. The predicted molar refractivity (Wildman–Crippen MR) is 270 cm³/mol. The monoisotopic (exact) mass is 1450 g/mol. The number of aliphatic hydroxyl groups excluding tert-OH is 2. The van der Waals surface area contributed by atoms with E-state index >= 15 is 0 Å². The zero-order valence-corrected chi connectivity index (χ0v) is 51.7. The summed E-state index contributed by atoms with van der Waals surface area (Å²) in [7, 11) is -30.0. The van der Waals surface area contributed by atoms with Gasteiger partial charge in [0.05, 0.1) is 25.9 Å². The maximum absolute atomic E-state index is 13.2. The molecule has 5 fully saturated rings. The molecule has 12 N–H and O–H groups in total. The molecule has 46 nitrogen and oxygen atoms in total. The SMILES string of the molecule is CCCO[C@@H]1[C@@H](N)[C@@H](O[C@H]2[C@H](OC)[C@@H](OC)[C@H](O[C@H]3[C@H](OS(=O)(=O)O)[C@@H](OS(=O)(=O)O)[C@@H](O[C@H]4[C@H](OC)[C@@H](OC)[C@@H](O[C@H]5[C@H](OC)[C@@H](OS(=O)(=O)O)[C@@H](O)O[C@@H]5COS(=O)(=O)O)O[C@@H]4C(=O)O)O[C@@H]3COS(=O)(=O)O)O[C@@H]2C(=O)O)O[C@H](COS(=O)(=O)O)[C@H]1O. The van der Waals surface area contributed by atoms with Crippen molar-refractivity contribution < 1.29 is 204 Å². The van der Waals surface area contributed by atoms with E-state index in [2.05, 4.69) is 16.7 Å². The van der Waals surface area contributed by atoms with Crippen LogP contribution in [0.15, 0.2) is 0 Å². The number of ether oxygens (including phenoxy) is 15. The van der Waals surface area contributed by atoms with Gasteiger partial charge in [-0.15, -0.1) is 0 Å². The van der Waals surface area contributed by atoms with Gasteiger partial charge in [0.2, 0.25) is 0 Å². The van der Waals surface area contributed by atoms with E-state index in [0.29, 0.717) is 6.42 Å². The quantitative estimate of drug-likeness (QED) is 0.0272. The first kappa shape index (κ1) is 78.1. The molecule has 0 unspecified atom stereocenters. The van der Waals surface area contributed by atoms with Gasteiger partial charge >= 0.3 is 74.3 Å². The van der Waals surface area contributed by atoms with Gasteiger partial charge in [-0.25, -0.2) is 34.7 Å². The lowest BCUT2D eigenvalue weighted by Gasteiger charge is -2.51. The Morgan fingerprint density at radius 1 is 0.400 bits per heavy atom. The molecule has 5 aliphatic rings. The van der Waals surface area contributed by atoms with Crippen LogP contribution in [0.2, 0.25) is 0 Å². The van der Waals surface area contributed by atoms with Gasteiger partial charge in [-0.3, -0.25) is 27.3 Å². The number of hydrogen-bond donors (Lipinski definition) is 11. The molecule has 0 aromatic carbocycles. The molecule has 5 heterocycles. The topological polar surface area (TPSA) is 661 Å². The summed E-state index contributed by atoms with van der Waals surface area (Å²) < 4.78 is 315. The molecule has 5 aliphatic heterocycles. The van der Waals surface area contributed by atoms with E-state index < -0.39 is 248 Å². The first-order valence-electron chi connectivity index (χ1n) is 25.0. The minimum absolute atomic E-state index is 0.110. The highest BCUT2D eigenvalue weighted by atomic mass is 32.3. The molecule has 0 radical (unpaired) electrons. The normalized spacial score (nSPS) is 38.6. The summed E-state index contributed by atoms with van der Waals surface area (Å²) in [4.78, 5) is 26.4. The van der Waals surface area contributed by atoms with Crippen molar-refractivity contribution in [1.82, 2.24) is 0 Å². The van der Waals surface area contributed by atoms with E-state index in [4.69, 9.17) is 85.2 Å². The highest BCUT2D eigenvalue weighted by Gasteiger charge is 2.62. The Bertz CT molecular complexity index is 3070. The number of rotatable bonds is 33. The van der Waals surface area contributed by atoms with Crippen molar-refractivity contribution in [2.45, 2.75) is 167 Å². The molecule has 0 saturated carbocycles. The molecule has 5 rings (SSSR count). The number of methoxy groups -OCH3 is 5. The summed E-state index contributed by atoms with van der Waals surface area (Å²) in [5.41, 5.74) is 6.36. The van der Waals surface area contributed by atoms with Crippen molar-refractivity contribution in [3.05, 3.63) is 0 Å². The van der Waals surface area contributed by atoms with Crippen LogP contribution in [-0.2, 0) is 168 Å². The third-order valence-electron chi connectivity index (χ3n) is 13.3. The Labute approximate surface area is 510 Å². The van der Waals surface area contributed by atoms with Crippen LogP contribution < -0.4 is 5.73 Å². The second-order valence-corrected chi connectivity index (χ2v) is 25.5. The van der Waals surface area contributed by atoms with Gasteiger partial charge in [-0.2, -0.15) is 50.5 Å². The predicted octanol–water partition coefficient (Wildman–Crippen LogP) is -8.11. The summed E-state index contributed by atoms with van der Waals surface area (Å²) in [6.07, 6.45) is -55.2. The van der Waals surface area contributed by atoms with Gasteiger partial charge in [0.15, 0.2) is 55.9 Å². The van der Waals surface area contributed by atoms with Crippen molar-refractivity contribution in [3.63, 3.8) is 0 Å². The van der Waals surface area contributed by atoms with Crippen LogP contribution in [-0.4, -0.2) is 326 Å². The lowest BCUT2D eigenvalue weighted by atomic mass is 9.94. The van der Waals surface area contributed by atoms with Gasteiger partial charge in [0.1, 0.15) is 91.6 Å². The Hall–Kier alpha value is -2.56. The largest absolute Gasteiger partial charge is 0.479 e. The summed E-state index contributed by atoms with van der Waals surface area (Å²) in [5.74, 6) is -4.17. The average Bonchev–Trinajstić information content (AvgIpc) is 0.783. The summed E-state index contributed by atoms with van der Waals surface area (Å²) in [6, 6.07) is -1.62. The van der Waals surface area contributed by atoms with Crippen molar-refractivity contribution in [2.75, 3.05) is 62.0 Å². The molecule has 0 aromatic heterocycles. The molecule has 52 heteroatoms. The Balaban J connectivity index is 1.59. The van der Waals surface area contributed by atoms with Crippen LogP contribution in [0.5, 0.6) is 0 Å². The fourth-order valence-electron chi connectivity index (χ4n) is 9.79. The lowest BCUT2D eigenvalue weighted by molar-refractivity contribution is -0.386. The van der Waals surface area contributed by atoms with Crippen LogP contribution in [0.25, 0.3) is 0 Å². The van der Waals surface area contributed by atoms with Gasteiger partial charge in [0.25, 0.3) is 0 Å². The van der Waals surface area contributed by atoms with Crippen LogP contribution in [0.1, 0.15) is 13.3 Å². The maximum Gasteiger partial charge on any atom is 0.397 e. The van der Waals surface area contributed by atoms with Crippen molar-refractivity contribution in [2.24, 2.45) is 5.73 Å². The number of carboxylic acid groups (broad SMARTS) is 2. The highest BCUT2D eigenvalue weighted by Crippen LogP contribution is 2.40. The Morgan fingerprint density at radius 2 is 0.733 bits per heavy atom. The molecule has 0 amide bonds. The third kappa shape index (κ3) is 21.5. The van der Waals surface area contributed by atoms with E-state index in [0.717, 1.165) is 35.5 Å². The number of aliphatic carboxylic acids is 2. The third-order valence-corrected chi connectivity index (χ3v) is 16.0. The van der Waals surface area contributed by atoms with Crippen LogP contribution in [0.3, 0.4) is 0 Å². The van der Waals surface area contributed by atoms with E-state index in [1.807, 2.05) is 0 Å². The fourth-order valence-corrected chi connectivity index (χ4v) is 12.2. The van der Waals surface area contributed by atoms with E-state index in [-0.39, 0.29) is 6.61 Å². The molecule has 90 heavy (non-hydrogen) atoms. The van der Waals surface area contributed by atoms with Crippen LogP contribution in [0.4, 0.5) is 0 Å². The molecular weight excluding hydrogens is 1380 g/mol. The van der Waals surface area contributed by atoms with Crippen LogP contribution >= 0.6 is 0 Å². The molecule has 0 aliphatic carbocycles. The van der Waals surface area contributed by atoms with Gasteiger partial charge in [-0.1, -0.05) is 6.92 Å². The van der Waals surface area contributed by atoms with Crippen LogP contribution in [0, 0.1) is 0 Å². The standard InChI is InChI=1S/C38H65NO45S6/c1-7-8-69-19-15(39)35(74-12(16(19)40)9-70-85(46,47)48)78-23-21(65-3)29(67-5)37(80-26(23)32(41)42)77-18-14(11-72-87(52,53)54)75-38(31(84-90(61,62)63)25(18)82-88(55,56)57)79-24-22(66-4)30(68-6)36(81-27(24)33(43)44)76-17-13(10-71-86(49,50)51)73-34(45)28(20(17)64-2)83-89(58,59)60/h12-31,34-38,40,45H,7-11,39H2,1-6H3,(H,41,42)(H,43,44)(H,46,47,48)(H,49,50,51)(H,52,53,54)(H,55,56,57)(H,58,59,60)(H,61,62,63)/t12-,13-,14-,15-,16-,17-,18-,19-,20+,21+,22+,23+,24+,25+,26+,27+,28-,29-,30-,31-,34+,35-,36+,37-,38-/m1/s1. The van der Waals surface area contributed by atoms with E-state index in [9.17, 15) is 108 Å². The van der Waals surface area contributed by atoms with E-state index in [1.54, 1.807) is 6.92 Å². The van der Waals surface area contributed by atoms with Gasteiger partial charge in [-0.05, 0) is 6.42 Å². The summed E-state index contributed by atoms with van der Waals surface area (Å²) in [6.45, 7) is -2.67. The Morgan fingerprint density at radius 3 is 1.12 bits per heavy atom. The van der Waals surface area contributed by atoms with Gasteiger partial charge in [0, 0.05) is 42.2 Å². The first-order valence-corrected chi connectivity index (χ1v) is 33.2. The van der Waals surface area contributed by atoms with Crippen molar-refractivity contribution in [1.29, 1.82) is 0 Å². The van der Waals surface area contributed by atoms with Crippen molar-refractivity contribution in [3.8, 4) is 0 Å². The number of aliphatic hydroxyl groups is 2. The van der Waals surface area contributed by atoms with Gasteiger partial charge < -0.3 is 97.2 Å². The fraction of sp³-hybridized carbons (Fsp3) is 0.947. The zero-order chi connectivity index (χ0) is 68.0. The molecule has 0 aromatic rings. The Kier molecular flexibility index (Phi) is 27.8. The second kappa shape index (κ2) is 32.0.